The van der Waals surface area contributed by atoms with Crippen LogP contribution >= 0.6 is 0 Å². The van der Waals surface area contributed by atoms with Gasteiger partial charge < -0.3 is 19.8 Å². The molecular formula is C21H19NO4. The fraction of sp³-hybridized carbons (Fsp3) is 0.0952. The number of rotatable bonds is 7. The van der Waals surface area contributed by atoms with Gasteiger partial charge in [0.15, 0.2) is 6.61 Å². The molecule has 3 aromatic rings. The molecule has 0 aromatic heterocycles. The van der Waals surface area contributed by atoms with Gasteiger partial charge in [0, 0.05) is 11.1 Å². The number of oxime groups is 1. The number of benzene rings is 3. The second-order valence-electron chi connectivity index (χ2n) is 5.53. The summed E-state index contributed by atoms with van der Waals surface area (Å²) in [5.74, 6) is 1.13. The Morgan fingerprint density at radius 1 is 0.692 bits per heavy atom. The first kappa shape index (κ1) is 17.4. The fourth-order valence-electron chi connectivity index (χ4n) is 2.33. The SMILES string of the molecule is Oc1ccc(C(=NOCCOc2ccccc2)c2ccc(O)cc2)cc1. The smallest absolute Gasteiger partial charge is 0.151 e. The second kappa shape index (κ2) is 8.58. The third-order valence-corrected chi connectivity index (χ3v) is 3.62. The van der Waals surface area contributed by atoms with Gasteiger partial charge in [-0.2, -0.15) is 0 Å². The molecule has 3 aromatic carbocycles. The molecule has 0 spiro atoms. The predicted octanol–water partition coefficient (Wildman–Crippen LogP) is 3.95. The summed E-state index contributed by atoms with van der Waals surface area (Å²) in [4.78, 5) is 5.42. The number of aromatic hydroxyl groups is 2. The number of hydrogen-bond acceptors (Lipinski definition) is 5. The predicted molar refractivity (Wildman–Crippen MR) is 99.7 cm³/mol. The van der Waals surface area contributed by atoms with Gasteiger partial charge in [0.2, 0.25) is 0 Å². The molecule has 0 radical (unpaired) electrons. The monoisotopic (exact) mass is 349 g/mol. The van der Waals surface area contributed by atoms with Gasteiger partial charge in [-0.05, 0) is 60.7 Å². The maximum Gasteiger partial charge on any atom is 0.151 e. The molecule has 0 fully saturated rings. The van der Waals surface area contributed by atoms with Crippen molar-refractivity contribution in [3.05, 3.63) is 90.0 Å². The van der Waals surface area contributed by atoms with Gasteiger partial charge in [-0.25, -0.2) is 0 Å². The molecule has 0 bridgehead atoms. The molecule has 0 aliphatic rings. The Kier molecular flexibility index (Phi) is 5.72. The molecule has 0 aliphatic heterocycles. The van der Waals surface area contributed by atoms with Crippen LogP contribution in [0.2, 0.25) is 0 Å². The zero-order chi connectivity index (χ0) is 18.2. The van der Waals surface area contributed by atoms with Gasteiger partial charge in [-0.3, -0.25) is 0 Å². The topological polar surface area (TPSA) is 71.3 Å². The number of ether oxygens (including phenoxy) is 1. The molecule has 5 heteroatoms. The van der Waals surface area contributed by atoms with E-state index in [2.05, 4.69) is 5.16 Å². The summed E-state index contributed by atoms with van der Waals surface area (Å²) in [5.41, 5.74) is 2.18. The normalized spacial score (nSPS) is 10.2. The van der Waals surface area contributed by atoms with Crippen molar-refractivity contribution in [3.8, 4) is 17.2 Å². The van der Waals surface area contributed by atoms with E-state index < -0.39 is 0 Å². The van der Waals surface area contributed by atoms with Crippen molar-refractivity contribution in [2.45, 2.75) is 0 Å². The van der Waals surface area contributed by atoms with Crippen molar-refractivity contribution in [2.24, 2.45) is 5.16 Å². The van der Waals surface area contributed by atoms with Gasteiger partial charge in [0.25, 0.3) is 0 Å². The van der Waals surface area contributed by atoms with Crippen LogP contribution in [0, 0.1) is 0 Å². The summed E-state index contributed by atoms with van der Waals surface area (Å²) < 4.78 is 5.57. The molecule has 132 valence electrons. The lowest BCUT2D eigenvalue weighted by Gasteiger charge is -2.09. The van der Waals surface area contributed by atoms with E-state index in [4.69, 9.17) is 9.57 Å². The van der Waals surface area contributed by atoms with Crippen molar-refractivity contribution in [2.75, 3.05) is 13.2 Å². The summed E-state index contributed by atoms with van der Waals surface area (Å²) in [7, 11) is 0. The van der Waals surface area contributed by atoms with E-state index in [1.54, 1.807) is 48.5 Å². The second-order valence-corrected chi connectivity index (χ2v) is 5.53. The lowest BCUT2D eigenvalue weighted by molar-refractivity contribution is 0.107. The van der Waals surface area contributed by atoms with E-state index in [1.807, 2.05) is 30.3 Å². The highest BCUT2D eigenvalue weighted by Gasteiger charge is 2.08. The number of hydrogen-bond donors (Lipinski definition) is 2. The van der Waals surface area contributed by atoms with Crippen LogP contribution in [0.1, 0.15) is 11.1 Å². The number of phenolic OH excluding ortho intramolecular Hbond substituents is 2. The van der Waals surface area contributed by atoms with Gasteiger partial charge in [-0.15, -0.1) is 0 Å². The highest BCUT2D eigenvalue weighted by atomic mass is 16.6. The first-order valence-electron chi connectivity index (χ1n) is 8.19. The zero-order valence-electron chi connectivity index (χ0n) is 14.1. The quantitative estimate of drug-likeness (QED) is 0.385. The molecule has 0 heterocycles. The standard InChI is InChI=1S/C21H19NO4/c23-18-10-6-16(7-11-18)21(17-8-12-19(24)13-9-17)22-26-15-14-25-20-4-2-1-3-5-20/h1-13,23-24H,14-15H2. The number of nitrogens with zero attached hydrogens (tertiary/aromatic N) is 1. The summed E-state index contributed by atoms with van der Waals surface area (Å²) >= 11 is 0. The van der Waals surface area contributed by atoms with E-state index in [1.165, 1.54) is 0 Å². The summed E-state index contributed by atoms with van der Waals surface area (Å²) in [6.07, 6.45) is 0. The Balaban J connectivity index is 1.69. The van der Waals surface area contributed by atoms with E-state index in [0.29, 0.717) is 12.3 Å². The summed E-state index contributed by atoms with van der Waals surface area (Å²) in [6.45, 7) is 0.653. The molecule has 5 nitrogen and oxygen atoms in total. The Morgan fingerprint density at radius 2 is 1.23 bits per heavy atom. The summed E-state index contributed by atoms with van der Waals surface area (Å²) in [6, 6.07) is 22.9. The van der Waals surface area contributed by atoms with Crippen LogP contribution in [-0.2, 0) is 4.84 Å². The van der Waals surface area contributed by atoms with E-state index in [9.17, 15) is 10.2 Å². The third-order valence-electron chi connectivity index (χ3n) is 3.62. The molecular weight excluding hydrogens is 330 g/mol. The van der Waals surface area contributed by atoms with E-state index in [-0.39, 0.29) is 18.1 Å². The lowest BCUT2D eigenvalue weighted by Crippen LogP contribution is -2.08. The van der Waals surface area contributed by atoms with Gasteiger partial charge in [0.05, 0.1) is 0 Å². The first-order valence-corrected chi connectivity index (χ1v) is 8.19. The molecule has 26 heavy (non-hydrogen) atoms. The van der Waals surface area contributed by atoms with Crippen molar-refractivity contribution >= 4 is 5.71 Å². The highest BCUT2D eigenvalue weighted by molar-refractivity contribution is 6.12. The van der Waals surface area contributed by atoms with Gasteiger partial charge >= 0.3 is 0 Å². The Bertz CT molecular complexity index is 796. The van der Waals surface area contributed by atoms with Crippen LogP contribution in [0.5, 0.6) is 17.2 Å². The number of phenols is 2. The van der Waals surface area contributed by atoms with Crippen LogP contribution in [0.15, 0.2) is 84.0 Å². The third kappa shape index (κ3) is 4.77. The Labute approximate surface area is 151 Å². The molecule has 0 saturated carbocycles. The van der Waals surface area contributed by atoms with Crippen molar-refractivity contribution in [3.63, 3.8) is 0 Å². The minimum Gasteiger partial charge on any atom is -0.508 e. The molecule has 0 amide bonds. The highest BCUT2D eigenvalue weighted by Crippen LogP contribution is 2.17. The van der Waals surface area contributed by atoms with Crippen LogP contribution in [0.3, 0.4) is 0 Å². The maximum absolute atomic E-state index is 9.48. The minimum atomic E-state index is 0.177. The van der Waals surface area contributed by atoms with Crippen LogP contribution in [0.4, 0.5) is 0 Å². The molecule has 0 aliphatic carbocycles. The molecule has 0 unspecified atom stereocenters. The molecule has 0 atom stereocenters. The fourth-order valence-corrected chi connectivity index (χ4v) is 2.33. The Morgan fingerprint density at radius 3 is 1.77 bits per heavy atom. The lowest BCUT2D eigenvalue weighted by atomic mass is 10.0. The molecule has 2 N–H and O–H groups in total. The average Bonchev–Trinajstić information content (AvgIpc) is 2.67. The van der Waals surface area contributed by atoms with Gasteiger partial charge in [-0.1, -0.05) is 23.4 Å². The van der Waals surface area contributed by atoms with Crippen LogP contribution in [0.25, 0.3) is 0 Å². The number of para-hydroxylation sites is 1. The summed E-state index contributed by atoms with van der Waals surface area (Å²) in [5, 5.41) is 23.2. The largest absolute Gasteiger partial charge is 0.508 e. The van der Waals surface area contributed by atoms with Crippen molar-refractivity contribution in [1.29, 1.82) is 0 Å². The average molecular weight is 349 g/mol. The van der Waals surface area contributed by atoms with E-state index >= 15 is 0 Å². The molecule has 3 rings (SSSR count). The first-order chi connectivity index (χ1) is 12.7. The maximum atomic E-state index is 9.48. The van der Waals surface area contributed by atoms with Crippen LogP contribution < -0.4 is 4.74 Å². The zero-order valence-corrected chi connectivity index (χ0v) is 14.1. The van der Waals surface area contributed by atoms with E-state index in [0.717, 1.165) is 16.9 Å². The minimum absolute atomic E-state index is 0.177. The van der Waals surface area contributed by atoms with Gasteiger partial charge in [0.1, 0.15) is 29.6 Å². The van der Waals surface area contributed by atoms with Crippen LogP contribution in [-0.4, -0.2) is 29.1 Å². The molecule has 0 saturated heterocycles. The van der Waals surface area contributed by atoms with Crippen molar-refractivity contribution < 1.29 is 19.8 Å². The van der Waals surface area contributed by atoms with Crippen molar-refractivity contribution in [1.82, 2.24) is 0 Å². The Hall–Kier alpha value is -3.47.